The SMILES string of the molecule is CCc1cccnc1CNS(=O)(=O)c1c(Cl)ccc2sc(NCCn3cccn3)nc12. The third kappa shape index (κ3) is 4.87. The molecule has 0 amide bonds. The Bertz CT molecular complexity index is 1290. The highest BCUT2D eigenvalue weighted by atomic mass is 35.5. The van der Waals surface area contributed by atoms with E-state index in [9.17, 15) is 8.42 Å². The Kier molecular flexibility index (Phi) is 6.51. The molecule has 0 bridgehead atoms. The van der Waals surface area contributed by atoms with E-state index in [0.29, 0.717) is 29.4 Å². The monoisotopic (exact) mass is 476 g/mol. The van der Waals surface area contributed by atoms with Gasteiger partial charge in [0.05, 0.1) is 28.5 Å². The van der Waals surface area contributed by atoms with Gasteiger partial charge < -0.3 is 5.32 Å². The first-order valence-electron chi connectivity index (χ1n) is 9.70. The second kappa shape index (κ2) is 9.31. The summed E-state index contributed by atoms with van der Waals surface area (Å²) in [5, 5.41) is 8.13. The Labute approximate surface area is 189 Å². The van der Waals surface area contributed by atoms with Gasteiger partial charge in [0.2, 0.25) is 10.0 Å². The minimum absolute atomic E-state index is 0.0166. The van der Waals surface area contributed by atoms with Crippen molar-refractivity contribution in [2.24, 2.45) is 0 Å². The minimum Gasteiger partial charge on any atom is -0.360 e. The summed E-state index contributed by atoms with van der Waals surface area (Å²) < 4.78 is 31.4. The molecule has 0 atom stereocenters. The molecule has 3 aromatic heterocycles. The number of aryl methyl sites for hydroxylation is 1. The number of aromatic nitrogens is 4. The number of pyridine rings is 1. The maximum Gasteiger partial charge on any atom is 0.244 e. The molecular weight excluding hydrogens is 456 g/mol. The van der Waals surface area contributed by atoms with Crippen molar-refractivity contribution < 1.29 is 8.42 Å². The number of hydrogen-bond acceptors (Lipinski definition) is 7. The third-order valence-corrected chi connectivity index (χ3v) is 7.59. The number of nitrogens with one attached hydrogen (secondary N) is 2. The molecule has 0 aliphatic heterocycles. The average Bonchev–Trinajstić information content (AvgIpc) is 3.42. The number of thiazole rings is 1. The maximum absolute atomic E-state index is 13.1. The summed E-state index contributed by atoms with van der Waals surface area (Å²) in [6, 6.07) is 9.00. The maximum atomic E-state index is 13.1. The van der Waals surface area contributed by atoms with E-state index in [0.717, 1.165) is 16.7 Å². The van der Waals surface area contributed by atoms with Crippen molar-refractivity contribution in [2.75, 3.05) is 11.9 Å². The number of hydrogen-bond donors (Lipinski definition) is 2. The molecular formula is C20H21ClN6O2S2. The number of rotatable bonds is 9. The van der Waals surface area contributed by atoms with E-state index in [-0.39, 0.29) is 16.5 Å². The van der Waals surface area contributed by atoms with Crippen LogP contribution in [0, 0.1) is 0 Å². The van der Waals surface area contributed by atoms with E-state index < -0.39 is 10.0 Å². The van der Waals surface area contributed by atoms with E-state index in [1.807, 2.05) is 31.3 Å². The van der Waals surface area contributed by atoms with Crippen LogP contribution in [0.1, 0.15) is 18.2 Å². The molecule has 0 saturated heterocycles. The van der Waals surface area contributed by atoms with Crippen molar-refractivity contribution in [3.63, 3.8) is 0 Å². The highest BCUT2D eigenvalue weighted by Gasteiger charge is 2.24. The molecule has 0 saturated carbocycles. The van der Waals surface area contributed by atoms with Crippen LogP contribution < -0.4 is 10.0 Å². The lowest BCUT2D eigenvalue weighted by atomic mass is 10.1. The van der Waals surface area contributed by atoms with Gasteiger partial charge in [-0.3, -0.25) is 9.67 Å². The van der Waals surface area contributed by atoms with Gasteiger partial charge in [0, 0.05) is 25.1 Å². The van der Waals surface area contributed by atoms with Crippen molar-refractivity contribution in [1.82, 2.24) is 24.5 Å². The highest BCUT2D eigenvalue weighted by molar-refractivity contribution is 7.89. The van der Waals surface area contributed by atoms with Crippen LogP contribution in [-0.2, 0) is 29.5 Å². The Morgan fingerprint density at radius 1 is 1.19 bits per heavy atom. The molecule has 0 aliphatic rings. The second-order valence-corrected chi connectivity index (χ2v) is 9.87. The summed E-state index contributed by atoms with van der Waals surface area (Å²) in [5.74, 6) is 0. The zero-order valence-electron chi connectivity index (χ0n) is 16.7. The number of nitrogens with zero attached hydrogens (tertiary/aromatic N) is 4. The van der Waals surface area contributed by atoms with Crippen molar-refractivity contribution in [1.29, 1.82) is 0 Å². The first-order chi connectivity index (χ1) is 15.0. The second-order valence-electron chi connectivity index (χ2n) is 6.73. The van der Waals surface area contributed by atoms with Crippen LogP contribution in [0.4, 0.5) is 5.13 Å². The standard InChI is InChI=1S/C20H21ClN6O2S2/c1-2-14-5-3-8-22-16(14)13-25-31(28,29)19-15(21)6-7-17-18(19)26-20(30-17)23-10-12-27-11-4-9-24-27/h3-9,11,25H,2,10,12-13H2,1H3,(H,23,26). The number of halogens is 1. The lowest BCUT2D eigenvalue weighted by molar-refractivity contribution is 0.581. The fourth-order valence-corrected chi connectivity index (χ4v) is 5.80. The Morgan fingerprint density at radius 2 is 2.06 bits per heavy atom. The minimum atomic E-state index is -3.90. The van der Waals surface area contributed by atoms with Crippen molar-refractivity contribution in [3.8, 4) is 0 Å². The van der Waals surface area contributed by atoms with Crippen LogP contribution in [0.3, 0.4) is 0 Å². The van der Waals surface area contributed by atoms with Gasteiger partial charge in [-0.1, -0.05) is 35.9 Å². The van der Waals surface area contributed by atoms with Crippen LogP contribution in [0.15, 0.2) is 53.8 Å². The zero-order chi connectivity index (χ0) is 21.8. The van der Waals surface area contributed by atoms with Gasteiger partial charge in [-0.25, -0.2) is 18.1 Å². The summed E-state index contributed by atoms with van der Waals surface area (Å²) in [6.45, 7) is 3.36. The van der Waals surface area contributed by atoms with Gasteiger partial charge in [0.1, 0.15) is 10.4 Å². The first kappa shape index (κ1) is 21.7. The van der Waals surface area contributed by atoms with Crippen molar-refractivity contribution in [3.05, 3.63) is 65.2 Å². The average molecular weight is 477 g/mol. The van der Waals surface area contributed by atoms with E-state index in [1.165, 1.54) is 11.3 Å². The molecule has 0 spiro atoms. The van der Waals surface area contributed by atoms with Crippen LogP contribution in [0.2, 0.25) is 5.02 Å². The van der Waals surface area contributed by atoms with Gasteiger partial charge in [-0.05, 0) is 36.2 Å². The van der Waals surface area contributed by atoms with Crippen molar-refractivity contribution in [2.45, 2.75) is 31.3 Å². The molecule has 162 valence electrons. The number of anilines is 1. The van der Waals surface area contributed by atoms with Gasteiger partial charge in [-0.2, -0.15) is 5.10 Å². The quantitative estimate of drug-likeness (QED) is 0.382. The van der Waals surface area contributed by atoms with E-state index >= 15 is 0 Å². The lowest BCUT2D eigenvalue weighted by Gasteiger charge is -2.10. The molecule has 8 nitrogen and oxygen atoms in total. The van der Waals surface area contributed by atoms with E-state index in [4.69, 9.17) is 11.6 Å². The molecule has 0 radical (unpaired) electrons. The van der Waals surface area contributed by atoms with Crippen molar-refractivity contribution >= 4 is 48.3 Å². The van der Waals surface area contributed by atoms with Gasteiger partial charge in [0.25, 0.3) is 0 Å². The van der Waals surface area contributed by atoms with Gasteiger partial charge >= 0.3 is 0 Å². The normalized spacial score (nSPS) is 11.8. The van der Waals surface area contributed by atoms with E-state index in [1.54, 1.807) is 29.2 Å². The van der Waals surface area contributed by atoms with E-state index in [2.05, 4.69) is 25.1 Å². The predicted molar refractivity (Wildman–Crippen MR) is 123 cm³/mol. The predicted octanol–water partition coefficient (Wildman–Crippen LogP) is 3.69. The molecule has 0 fully saturated rings. The van der Waals surface area contributed by atoms with Crippen LogP contribution >= 0.6 is 22.9 Å². The molecule has 1 aromatic carbocycles. The van der Waals surface area contributed by atoms with Crippen LogP contribution in [-0.4, -0.2) is 34.7 Å². The van der Waals surface area contributed by atoms with Crippen LogP contribution in [0.5, 0.6) is 0 Å². The summed E-state index contributed by atoms with van der Waals surface area (Å²) >= 11 is 7.69. The fraction of sp³-hybridized carbons (Fsp3) is 0.250. The number of benzene rings is 1. The molecule has 31 heavy (non-hydrogen) atoms. The molecule has 3 heterocycles. The van der Waals surface area contributed by atoms with Gasteiger partial charge in [0.15, 0.2) is 5.13 Å². The molecule has 4 aromatic rings. The largest absolute Gasteiger partial charge is 0.360 e. The molecule has 0 unspecified atom stereocenters. The molecule has 11 heteroatoms. The van der Waals surface area contributed by atoms with Gasteiger partial charge in [-0.15, -0.1) is 0 Å². The molecule has 4 rings (SSSR count). The molecule has 0 aliphatic carbocycles. The topological polar surface area (TPSA) is 102 Å². The number of fused-ring (bicyclic) bond motifs is 1. The fourth-order valence-electron chi connectivity index (χ4n) is 3.17. The Hall–Kier alpha value is -2.53. The summed E-state index contributed by atoms with van der Waals surface area (Å²) in [5.41, 5.74) is 2.03. The highest BCUT2D eigenvalue weighted by Crippen LogP contribution is 2.35. The smallest absolute Gasteiger partial charge is 0.244 e. The Balaban J connectivity index is 1.56. The van der Waals surface area contributed by atoms with Crippen LogP contribution in [0.25, 0.3) is 10.2 Å². The third-order valence-electron chi connectivity index (χ3n) is 4.71. The number of sulfonamides is 1. The zero-order valence-corrected chi connectivity index (χ0v) is 19.1. The Morgan fingerprint density at radius 3 is 2.84 bits per heavy atom. The molecule has 2 N–H and O–H groups in total. The lowest BCUT2D eigenvalue weighted by Crippen LogP contribution is -2.25. The summed E-state index contributed by atoms with van der Waals surface area (Å²) in [6.07, 6.45) is 6.01. The first-order valence-corrected chi connectivity index (χ1v) is 12.4. The summed E-state index contributed by atoms with van der Waals surface area (Å²) in [4.78, 5) is 8.79. The summed E-state index contributed by atoms with van der Waals surface area (Å²) in [7, 11) is -3.90.